The third-order valence-electron chi connectivity index (χ3n) is 10.8. The van der Waals surface area contributed by atoms with Gasteiger partial charge in [0.05, 0.1) is 0 Å². The molecule has 0 saturated heterocycles. The first kappa shape index (κ1) is 34.6. The third-order valence-corrected chi connectivity index (χ3v) is 10.8. The summed E-state index contributed by atoms with van der Waals surface area (Å²) < 4.78 is 0. The van der Waals surface area contributed by atoms with E-state index in [1.165, 1.54) is 89.0 Å². The van der Waals surface area contributed by atoms with Gasteiger partial charge in [0, 0.05) is 0 Å². The Morgan fingerprint density at radius 2 is 0.296 bits per heavy atom. The zero-order valence-electron chi connectivity index (χ0n) is 30.7. The van der Waals surface area contributed by atoms with E-state index < -0.39 is 0 Å². The Morgan fingerprint density at radius 1 is 0.185 bits per heavy atom. The van der Waals surface area contributed by atoms with Gasteiger partial charge in [-0.25, -0.2) is 0 Å². The highest BCUT2D eigenvalue weighted by atomic mass is 14.2. The number of rotatable bonds is 0. The van der Waals surface area contributed by atoms with E-state index >= 15 is 0 Å². The molecule has 0 saturated carbocycles. The quantitative estimate of drug-likeness (QED) is 0.139. The zero-order chi connectivity index (χ0) is 36.7. The van der Waals surface area contributed by atoms with E-state index in [2.05, 4.69) is 207 Å². The molecule has 260 valence electrons. The van der Waals surface area contributed by atoms with Gasteiger partial charge < -0.3 is 0 Å². The van der Waals surface area contributed by atoms with Gasteiger partial charge in [-0.3, -0.25) is 0 Å². The predicted octanol–water partition coefficient (Wildman–Crippen LogP) is 13.8. The zero-order valence-corrected chi connectivity index (χ0v) is 30.7. The number of hydrogen-bond donors (Lipinski definition) is 0. The lowest BCUT2D eigenvalue weighted by atomic mass is 10.1. The van der Waals surface area contributed by atoms with Crippen LogP contribution in [0.5, 0.6) is 0 Å². The van der Waals surface area contributed by atoms with Crippen LogP contribution in [-0.4, -0.2) is 0 Å². The van der Waals surface area contributed by atoms with Gasteiger partial charge in [-0.2, -0.15) is 0 Å². The molecule has 0 aromatic heterocycles. The summed E-state index contributed by atoms with van der Waals surface area (Å²) in [6.45, 7) is 6.00. The predicted molar refractivity (Wildman–Crippen MR) is 230 cm³/mol. The maximum Gasteiger partial charge on any atom is -0.00135 e. The minimum absolute atomic E-state index is 1.10. The highest BCUT2D eigenvalue weighted by Gasteiger charge is 2.18. The standard InChI is InChI=1S/4C13H10.C2H4/c4*1-3-7-12-10(5-1)9-11-6-2-4-8-13(11)12;1-2/h4*1-8H,9H2;1-2H2. The van der Waals surface area contributed by atoms with Gasteiger partial charge in [-0.1, -0.05) is 194 Å². The van der Waals surface area contributed by atoms with E-state index in [0.717, 1.165) is 25.7 Å². The van der Waals surface area contributed by atoms with Crippen molar-refractivity contribution in [2.45, 2.75) is 25.7 Å². The minimum Gasteiger partial charge on any atom is -0.106 e. The molecule has 12 rings (SSSR count). The Balaban J connectivity index is 0.000000100. The summed E-state index contributed by atoms with van der Waals surface area (Å²) in [7, 11) is 0. The smallest absolute Gasteiger partial charge is 0.00135 e. The van der Waals surface area contributed by atoms with Gasteiger partial charge >= 0.3 is 0 Å². The SMILES string of the molecule is C=C.c1ccc2c(c1)Cc1ccccc1-2.c1ccc2c(c1)Cc1ccccc1-2.c1ccc2c(c1)Cc1ccccc1-2.c1ccc2c(c1)Cc1ccccc1-2. The summed E-state index contributed by atoms with van der Waals surface area (Å²) >= 11 is 0. The third kappa shape index (κ3) is 6.99. The Kier molecular flexibility index (Phi) is 10.3. The summed E-state index contributed by atoms with van der Waals surface area (Å²) in [5.41, 5.74) is 23.0. The molecular formula is C54H44. The maximum atomic E-state index is 3.00. The van der Waals surface area contributed by atoms with Crippen LogP contribution in [0.4, 0.5) is 0 Å². The second-order valence-corrected chi connectivity index (χ2v) is 14.0. The topological polar surface area (TPSA) is 0 Å². The minimum atomic E-state index is 1.10. The molecule has 0 atom stereocenters. The summed E-state index contributed by atoms with van der Waals surface area (Å²) in [5, 5.41) is 0. The Labute approximate surface area is 320 Å². The molecule has 0 nitrogen and oxygen atoms in total. The van der Waals surface area contributed by atoms with Crippen molar-refractivity contribution in [2.24, 2.45) is 0 Å². The first-order chi connectivity index (χ1) is 26.8. The highest BCUT2D eigenvalue weighted by molar-refractivity contribution is 5.79. The summed E-state index contributed by atoms with van der Waals surface area (Å²) in [6.07, 6.45) is 4.41. The van der Waals surface area contributed by atoms with E-state index in [-0.39, 0.29) is 0 Å². The molecule has 0 radical (unpaired) electrons. The van der Waals surface area contributed by atoms with Gasteiger partial charge in [0.1, 0.15) is 0 Å². The normalized spacial score (nSPS) is 11.9. The fourth-order valence-electron chi connectivity index (χ4n) is 8.32. The van der Waals surface area contributed by atoms with Gasteiger partial charge in [0.15, 0.2) is 0 Å². The average Bonchev–Trinajstić information content (AvgIpc) is 4.02. The van der Waals surface area contributed by atoms with Crippen molar-refractivity contribution >= 4 is 0 Å². The van der Waals surface area contributed by atoms with Crippen LogP contribution in [-0.2, 0) is 25.7 Å². The first-order valence-electron chi connectivity index (χ1n) is 18.9. The Hall–Kier alpha value is -6.50. The molecule has 0 heterocycles. The Morgan fingerprint density at radius 3 is 0.426 bits per heavy atom. The lowest BCUT2D eigenvalue weighted by Gasteiger charge is -1.98. The van der Waals surface area contributed by atoms with Gasteiger partial charge in [0.25, 0.3) is 0 Å². The molecular weight excluding hydrogens is 649 g/mol. The second kappa shape index (κ2) is 16.0. The highest BCUT2D eigenvalue weighted by Crippen LogP contribution is 2.38. The first-order valence-corrected chi connectivity index (χ1v) is 18.9. The molecule has 8 aromatic rings. The molecule has 4 aliphatic carbocycles. The van der Waals surface area contributed by atoms with Crippen LogP contribution in [0.2, 0.25) is 0 Å². The van der Waals surface area contributed by atoms with Crippen LogP contribution in [0.25, 0.3) is 44.5 Å². The lowest BCUT2D eigenvalue weighted by Crippen LogP contribution is -1.77. The van der Waals surface area contributed by atoms with Crippen LogP contribution in [0.15, 0.2) is 207 Å². The monoisotopic (exact) mass is 692 g/mol. The van der Waals surface area contributed by atoms with Crippen LogP contribution in [0.1, 0.15) is 44.5 Å². The van der Waals surface area contributed by atoms with Crippen molar-refractivity contribution in [1.82, 2.24) is 0 Å². The molecule has 4 aliphatic rings. The molecule has 0 unspecified atom stereocenters. The fraction of sp³-hybridized carbons (Fsp3) is 0.0741. The van der Waals surface area contributed by atoms with E-state index in [9.17, 15) is 0 Å². The van der Waals surface area contributed by atoms with Crippen molar-refractivity contribution in [2.75, 3.05) is 0 Å². The molecule has 0 aliphatic heterocycles. The van der Waals surface area contributed by atoms with E-state index in [1.807, 2.05) is 0 Å². The molecule has 0 amide bonds. The molecule has 8 aromatic carbocycles. The molecule has 0 fully saturated rings. The molecule has 0 bridgehead atoms. The molecule has 0 spiro atoms. The van der Waals surface area contributed by atoms with E-state index in [1.54, 1.807) is 0 Å². The van der Waals surface area contributed by atoms with Crippen LogP contribution >= 0.6 is 0 Å². The molecule has 0 N–H and O–H groups in total. The lowest BCUT2D eigenvalue weighted by molar-refractivity contribution is 1.26. The van der Waals surface area contributed by atoms with Crippen molar-refractivity contribution in [3.63, 3.8) is 0 Å². The number of fused-ring (bicyclic) bond motifs is 12. The number of benzene rings is 8. The number of hydrogen-bond acceptors (Lipinski definition) is 0. The van der Waals surface area contributed by atoms with E-state index in [4.69, 9.17) is 0 Å². The van der Waals surface area contributed by atoms with Crippen LogP contribution in [0.3, 0.4) is 0 Å². The van der Waals surface area contributed by atoms with Crippen molar-refractivity contribution < 1.29 is 0 Å². The van der Waals surface area contributed by atoms with Crippen LogP contribution < -0.4 is 0 Å². The second-order valence-electron chi connectivity index (χ2n) is 14.0. The van der Waals surface area contributed by atoms with Crippen molar-refractivity contribution in [3.8, 4) is 44.5 Å². The van der Waals surface area contributed by atoms with Gasteiger partial charge in [-0.15, -0.1) is 13.2 Å². The van der Waals surface area contributed by atoms with Gasteiger partial charge in [-0.05, 0) is 115 Å². The maximum absolute atomic E-state index is 3.00. The summed E-state index contributed by atoms with van der Waals surface area (Å²) in [4.78, 5) is 0. The van der Waals surface area contributed by atoms with Crippen LogP contribution in [0, 0.1) is 0 Å². The fourth-order valence-corrected chi connectivity index (χ4v) is 8.32. The Bertz CT molecular complexity index is 2020. The van der Waals surface area contributed by atoms with Crippen molar-refractivity contribution in [1.29, 1.82) is 0 Å². The van der Waals surface area contributed by atoms with E-state index in [0.29, 0.717) is 0 Å². The van der Waals surface area contributed by atoms with Crippen molar-refractivity contribution in [3.05, 3.63) is 252 Å². The molecule has 54 heavy (non-hydrogen) atoms. The van der Waals surface area contributed by atoms with Gasteiger partial charge in [0.2, 0.25) is 0 Å². The largest absolute Gasteiger partial charge is 0.106 e. The molecule has 0 heteroatoms. The average molecular weight is 693 g/mol. The summed E-state index contributed by atoms with van der Waals surface area (Å²) in [6, 6.07) is 69.2. The summed E-state index contributed by atoms with van der Waals surface area (Å²) in [5.74, 6) is 0.